The average Bonchev–Trinajstić information content (AvgIpc) is 2.99. The number of methoxy groups -OCH3 is 1. The highest BCUT2D eigenvalue weighted by atomic mass is 35.5. The van der Waals surface area contributed by atoms with Gasteiger partial charge in [-0.1, -0.05) is 62.7 Å². The molecule has 0 heterocycles. The number of anilines is 1. The fraction of sp³-hybridized carbons (Fsp3) is 0.355. The second-order valence-corrected chi connectivity index (χ2v) is 12.7. The maximum atomic E-state index is 14.1. The van der Waals surface area contributed by atoms with Gasteiger partial charge in [0.05, 0.1) is 28.3 Å². The van der Waals surface area contributed by atoms with Crippen molar-refractivity contribution in [2.45, 2.75) is 50.9 Å². The van der Waals surface area contributed by atoms with Crippen molar-refractivity contribution in [1.29, 1.82) is 0 Å². The zero-order chi connectivity index (χ0) is 32.7. The molecule has 0 unspecified atom stereocenters. The number of halogens is 4. The number of ether oxygens (including phenoxy) is 1. The smallest absolute Gasteiger partial charge is 0.416 e. The molecule has 238 valence electrons. The monoisotopic (exact) mass is 653 g/mol. The maximum Gasteiger partial charge on any atom is 0.416 e. The molecule has 0 aliphatic rings. The van der Waals surface area contributed by atoms with Gasteiger partial charge in [0.1, 0.15) is 18.3 Å². The molecule has 2 amide bonds. The summed E-state index contributed by atoms with van der Waals surface area (Å²) in [5.74, 6) is -0.581. The second-order valence-electron chi connectivity index (χ2n) is 10.4. The van der Waals surface area contributed by atoms with Crippen molar-refractivity contribution in [1.82, 2.24) is 10.2 Å². The summed E-state index contributed by atoms with van der Waals surface area (Å²) < 4.78 is 74.7. The molecule has 0 saturated heterocycles. The van der Waals surface area contributed by atoms with Crippen molar-refractivity contribution in [3.8, 4) is 5.75 Å². The molecule has 0 fully saturated rings. The largest absolute Gasteiger partial charge is 0.497 e. The molecular weight excluding hydrogens is 619 g/mol. The van der Waals surface area contributed by atoms with Gasteiger partial charge >= 0.3 is 6.18 Å². The van der Waals surface area contributed by atoms with E-state index in [9.17, 15) is 31.2 Å². The van der Waals surface area contributed by atoms with Crippen LogP contribution in [0.1, 0.15) is 38.3 Å². The highest BCUT2D eigenvalue weighted by molar-refractivity contribution is 7.92. The highest BCUT2D eigenvalue weighted by Gasteiger charge is 2.37. The van der Waals surface area contributed by atoms with Crippen molar-refractivity contribution in [3.63, 3.8) is 0 Å². The van der Waals surface area contributed by atoms with E-state index in [0.29, 0.717) is 28.2 Å². The lowest BCUT2D eigenvalue weighted by Gasteiger charge is -2.33. The first-order chi connectivity index (χ1) is 20.7. The summed E-state index contributed by atoms with van der Waals surface area (Å²) >= 11 is 6.29. The van der Waals surface area contributed by atoms with Crippen LogP contribution in [0.2, 0.25) is 5.02 Å². The van der Waals surface area contributed by atoms with Gasteiger partial charge in [0, 0.05) is 13.1 Å². The SMILES string of the molecule is CC[C@H](C(=O)NCC(C)C)N(Cc1ccc(OC)cc1)C(=O)CN(c1cc(C(F)(F)F)ccc1Cl)S(=O)(=O)c1ccccc1. The predicted octanol–water partition coefficient (Wildman–Crippen LogP) is 6.14. The Morgan fingerprint density at radius 3 is 2.18 bits per heavy atom. The van der Waals surface area contributed by atoms with Crippen LogP contribution in [-0.4, -0.2) is 51.4 Å². The van der Waals surface area contributed by atoms with Gasteiger partial charge in [0.2, 0.25) is 11.8 Å². The van der Waals surface area contributed by atoms with Crippen LogP contribution in [0.5, 0.6) is 5.75 Å². The number of benzene rings is 3. The van der Waals surface area contributed by atoms with Gasteiger partial charge in [0.25, 0.3) is 10.0 Å². The molecule has 0 saturated carbocycles. The van der Waals surface area contributed by atoms with Gasteiger partial charge in [-0.25, -0.2) is 8.42 Å². The number of carbonyl (C=O) groups excluding carboxylic acids is 2. The van der Waals surface area contributed by atoms with Gasteiger partial charge in [0.15, 0.2) is 0 Å². The molecule has 3 aromatic rings. The lowest BCUT2D eigenvalue weighted by molar-refractivity contribution is -0.140. The van der Waals surface area contributed by atoms with E-state index >= 15 is 0 Å². The minimum atomic E-state index is -4.81. The van der Waals surface area contributed by atoms with E-state index < -0.39 is 51.9 Å². The minimum absolute atomic E-state index is 0.0913. The summed E-state index contributed by atoms with van der Waals surface area (Å²) in [4.78, 5) is 28.4. The Hall–Kier alpha value is -3.77. The van der Waals surface area contributed by atoms with E-state index in [4.69, 9.17) is 16.3 Å². The maximum absolute atomic E-state index is 14.1. The number of hydrogen-bond acceptors (Lipinski definition) is 5. The van der Waals surface area contributed by atoms with Crippen molar-refractivity contribution in [3.05, 3.63) is 88.9 Å². The van der Waals surface area contributed by atoms with E-state index in [2.05, 4.69) is 5.32 Å². The third kappa shape index (κ3) is 8.66. The first kappa shape index (κ1) is 34.7. The van der Waals surface area contributed by atoms with Crippen LogP contribution < -0.4 is 14.4 Å². The van der Waals surface area contributed by atoms with Gasteiger partial charge in [-0.15, -0.1) is 0 Å². The molecular formula is C31H35ClF3N3O5S. The molecule has 0 radical (unpaired) electrons. The Labute approximate surface area is 260 Å². The first-order valence-electron chi connectivity index (χ1n) is 13.8. The van der Waals surface area contributed by atoms with Gasteiger partial charge in [-0.2, -0.15) is 13.2 Å². The molecule has 0 aliphatic heterocycles. The van der Waals surface area contributed by atoms with E-state index in [0.717, 1.165) is 12.1 Å². The average molecular weight is 654 g/mol. The lowest BCUT2D eigenvalue weighted by atomic mass is 10.1. The van der Waals surface area contributed by atoms with Gasteiger partial charge in [-0.05, 0) is 60.4 Å². The molecule has 0 aromatic heterocycles. The third-order valence-corrected chi connectivity index (χ3v) is 8.83. The van der Waals surface area contributed by atoms with Crippen LogP contribution in [0, 0.1) is 5.92 Å². The van der Waals surface area contributed by atoms with E-state index in [1.807, 2.05) is 13.8 Å². The highest BCUT2D eigenvalue weighted by Crippen LogP contribution is 2.37. The number of rotatable bonds is 13. The number of hydrogen-bond donors (Lipinski definition) is 1. The van der Waals surface area contributed by atoms with Crippen LogP contribution in [0.3, 0.4) is 0 Å². The van der Waals surface area contributed by atoms with Crippen LogP contribution in [-0.2, 0) is 32.3 Å². The van der Waals surface area contributed by atoms with Crippen LogP contribution in [0.25, 0.3) is 0 Å². The zero-order valence-corrected chi connectivity index (χ0v) is 26.3. The quantitative estimate of drug-likeness (QED) is 0.239. The van der Waals surface area contributed by atoms with Crippen LogP contribution in [0.4, 0.5) is 18.9 Å². The summed E-state index contributed by atoms with van der Waals surface area (Å²) in [5.41, 5.74) is -1.06. The molecule has 13 heteroatoms. The van der Waals surface area contributed by atoms with Crippen molar-refractivity contribution >= 4 is 39.1 Å². The molecule has 3 rings (SSSR count). The summed E-state index contributed by atoms with van der Waals surface area (Å²) in [5, 5.41) is 2.50. The molecule has 1 N–H and O–H groups in total. The molecule has 8 nitrogen and oxygen atoms in total. The van der Waals surface area contributed by atoms with Gasteiger partial charge in [-0.3, -0.25) is 13.9 Å². The summed E-state index contributed by atoms with van der Waals surface area (Å²) in [7, 11) is -3.11. The Balaban J connectivity index is 2.13. The fourth-order valence-electron chi connectivity index (χ4n) is 4.38. The Morgan fingerprint density at radius 1 is 1.00 bits per heavy atom. The standard InChI is InChI=1S/C31H35ClF3N3O5S/c1-5-27(30(40)36-18-21(2)3)37(19-22-11-14-24(43-4)15-12-22)29(39)20-38(44(41,42)25-9-7-6-8-10-25)28-17-23(31(33,34)35)13-16-26(28)32/h6-17,21,27H,5,18-20H2,1-4H3,(H,36,40)/t27-/m1/s1. The number of nitrogens with one attached hydrogen (secondary N) is 1. The zero-order valence-electron chi connectivity index (χ0n) is 24.8. The minimum Gasteiger partial charge on any atom is -0.497 e. The van der Waals surface area contributed by atoms with E-state index in [1.165, 1.54) is 36.3 Å². The molecule has 44 heavy (non-hydrogen) atoms. The summed E-state index contributed by atoms with van der Waals surface area (Å²) in [6.07, 6.45) is -4.63. The van der Waals surface area contributed by atoms with Crippen LogP contribution >= 0.6 is 11.6 Å². The molecule has 0 spiro atoms. The molecule has 0 bridgehead atoms. The topological polar surface area (TPSA) is 96.0 Å². The fourth-order valence-corrected chi connectivity index (χ4v) is 6.10. The van der Waals surface area contributed by atoms with Crippen molar-refractivity contribution in [2.24, 2.45) is 5.92 Å². The van der Waals surface area contributed by atoms with E-state index in [-0.39, 0.29) is 28.8 Å². The molecule has 3 aromatic carbocycles. The molecule has 0 aliphatic carbocycles. The lowest BCUT2D eigenvalue weighted by Crippen LogP contribution is -2.52. The summed E-state index contributed by atoms with van der Waals surface area (Å²) in [6, 6.07) is 15.0. The van der Waals surface area contributed by atoms with Crippen LogP contribution in [0.15, 0.2) is 77.7 Å². The van der Waals surface area contributed by atoms with Gasteiger partial charge < -0.3 is 15.0 Å². The van der Waals surface area contributed by atoms with Crippen molar-refractivity contribution < 1.29 is 35.9 Å². The number of nitrogens with zero attached hydrogens (tertiary/aromatic N) is 2. The first-order valence-corrected chi connectivity index (χ1v) is 15.7. The van der Waals surface area contributed by atoms with E-state index in [1.54, 1.807) is 37.3 Å². The Bertz CT molecular complexity index is 1540. The Morgan fingerprint density at radius 2 is 1.64 bits per heavy atom. The summed E-state index contributed by atoms with van der Waals surface area (Å²) in [6.45, 7) is 4.85. The molecule has 1 atom stereocenters. The number of carbonyl (C=O) groups is 2. The number of alkyl halides is 3. The second kappa shape index (κ2) is 14.8. The number of sulfonamides is 1. The number of amides is 2. The predicted molar refractivity (Wildman–Crippen MR) is 163 cm³/mol. The Kier molecular flexibility index (Phi) is 11.7. The normalized spacial score (nSPS) is 12.5. The third-order valence-electron chi connectivity index (χ3n) is 6.73. The van der Waals surface area contributed by atoms with Crippen molar-refractivity contribution in [2.75, 3.05) is 24.5 Å².